The highest BCUT2D eigenvalue weighted by Crippen LogP contribution is 2.34. The second-order valence-electron chi connectivity index (χ2n) is 8.15. The third-order valence-corrected chi connectivity index (χ3v) is 9.47. The van der Waals surface area contributed by atoms with Gasteiger partial charge in [0.2, 0.25) is 10.0 Å². The van der Waals surface area contributed by atoms with Gasteiger partial charge in [-0.3, -0.25) is 4.79 Å². The molecule has 1 aromatic heterocycles. The van der Waals surface area contributed by atoms with Crippen molar-refractivity contribution in [2.45, 2.75) is 44.4 Å². The number of carbonyl (C=O) groups excluding carboxylic acids is 1. The molecule has 4 rings (SSSR count). The van der Waals surface area contributed by atoms with Crippen LogP contribution in [0.25, 0.3) is 10.2 Å². The van der Waals surface area contributed by atoms with Gasteiger partial charge in [-0.2, -0.15) is 4.31 Å². The average Bonchev–Trinajstić information content (AvgIpc) is 3.24. The van der Waals surface area contributed by atoms with Crippen molar-refractivity contribution in [1.82, 2.24) is 14.2 Å². The third kappa shape index (κ3) is 4.31. The summed E-state index contributed by atoms with van der Waals surface area (Å²) in [6.45, 7) is 7.57. The van der Waals surface area contributed by atoms with Crippen molar-refractivity contribution >= 4 is 37.5 Å². The first kappa shape index (κ1) is 22.9. The molecule has 6 nitrogen and oxygen atoms in total. The summed E-state index contributed by atoms with van der Waals surface area (Å²) in [5.74, 6) is 0.258. The van der Waals surface area contributed by atoms with Gasteiger partial charge in [-0.05, 0) is 49.6 Å². The minimum absolute atomic E-state index is 0.0955. The number of nitrogens with zero attached hydrogens (tertiary/aromatic N) is 3. The molecule has 0 saturated carbocycles. The molecular formula is C24H29N3O3S2. The maximum absolute atomic E-state index is 13.3. The van der Waals surface area contributed by atoms with Crippen LogP contribution in [0.15, 0.2) is 47.4 Å². The first-order valence-corrected chi connectivity index (χ1v) is 13.4. The average molecular weight is 472 g/mol. The number of aryl methyl sites for hydroxylation is 1. The van der Waals surface area contributed by atoms with Crippen LogP contribution in [0.3, 0.4) is 0 Å². The number of aromatic nitrogens is 1. The topological polar surface area (TPSA) is 70.6 Å². The molecular weight excluding hydrogens is 442 g/mol. The molecule has 1 fully saturated rings. The Morgan fingerprint density at radius 2 is 1.81 bits per heavy atom. The standard InChI is InChI=1S/C24H29N3O3S2/c1-4-27(5-2)32(29,30)19-11-10-17(3)20(16-19)24(28)26-14-12-18(13-15-26)23-25-21-8-6-7-9-22(21)31-23/h6-11,16,18H,4-5,12-15H2,1-3H3. The van der Waals surface area contributed by atoms with Gasteiger partial charge in [0.1, 0.15) is 0 Å². The van der Waals surface area contributed by atoms with Crippen LogP contribution in [0.1, 0.15) is 53.5 Å². The zero-order chi connectivity index (χ0) is 22.9. The summed E-state index contributed by atoms with van der Waals surface area (Å²) >= 11 is 1.74. The van der Waals surface area contributed by atoms with E-state index in [1.807, 2.05) is 43.9 Å². The molecule has 0 atom stereocenters. The van der Waals surface area contributed by atoms with E-state index in [0.717, 1.165) is 28.9 Å². The van der Waals surface area contributed by atoms with E-state index < -0.39 is 10.0 Å². The van der Waals surface area contributed by atoms with Gasteiger partial charge in [0, 0.05) is 37.7 Å². The Hall–Kier alpha value is -2.29. The molecule has 0 N–H and O–H groups in total. The second kappa shape index (κ2) is 9.29. The molecule has 1 aliphatic rings. The lowest BCUT2D eigenvalue weighted by Gasteiger charge is -2.31. The number of para-hydroxylation sites is 1. The lowest BCUT2D eigenvalue weighted by Crippen LogP contribution is -2.38. The first-order valence-electron chi connectivity index (χ1n) is 11.1. The zero-order valence-electron chi connectivity index (χ0n) is 18.7. The number of amides is 1. The number of fused-ring (bicyclic) bond motifs is 1. The Bertz CT molecular complexity index is 1190. The Labute approximate surface area is 193 Å². The summed E-state index contributed by atoms with van der Waals surface area (Å²) < 4.78 is 28.5. The maximum atomic E-state index is 13.3. The van der Waals surface area contributed by atoms with Crippen molar-refractivity contribution < 1.29 is 13.2 Å². The largest absolute Gasteiger partial charge is 0.339 e. The van der Waals surface area contributed by atoms with Crippen molar-refractivity contribution in [2.24, 2.45) is 0 Å². The van der Waals surface area contributed by atoms with Crippen molar-refractivity contribution in [3.05, 3.63) is 58.6 Å². The maximum Gasteiger partial charge on any atom is 0.254 e. The van der Waals surface area contributed by atoms with Crippen LogP contribution in [0.4, 0.5) is 0 Å². The fourth-order valence-corrected chi connectivity index (χ4v) is 6.89. The van der Waals surface area contributed by atoms with Crippen LogP contribution in [0.2, 0.25) is 0 Å². The number of piperidine rings is 1. The number of rotatable bonds is 6. The van der Waals surface area contributed by atoms with Crippen molar-refractivity contribution in [2.75, 3.05) is 26.2 Å². The lowest BCUT2D eigenvalue weighted by atomic mass is 9.96. The summed E-state index contributed by atoms with van der Waals surface area (Å²) in [6.07, 6.45) is 1.73. The Morgan fingerprint density at radius 1 is 1.12 bits per heavy atom. The fraction of sp³-hybridized carbons (Fsp3) is 0.417. The van der Waals surface area contributed by atoms with Crippen LogP contribution in [-0.4, -0.2) is 54.7 Å². The van der Waals surface area contributed by atoms with Gasteiger partial charge in [-0.15, -0.1) is 11.3 Å². The van der Waals surface area contributed by atoms with Crippen molar-refractivity contribution in [3.8, 4) is 0 Å². The summed E-state index contributed by atoms with van der Waals surface area (Å²) in [5.41, 5.74) is 2.30. The molecule has 1 aliphatic heterocycles. The molecule has 0 unspecified atom stereocenters. The van der Waals surface area contributed by atoms with E-state index in [9.17, 15) is 13.2 Å². The number of likely N-dealkylation sites (tertiary alicyclic amines) is 1. The molecule has 0 radical (unpaired) electrons. The van der Waals surface area contributed by atoms with Gasteiger partial charge in [0.15, 0.2) is 0 Å². The third-order valence-electron chi connectivity index (χ3n) is 6.22. The van der Waals surface area contributed by atoms with E-state index in [1.54, 1.807) is 29.5 Å². The van der Waals surface area contributed by atoms with Gasteiger partial charge in [-0.1, -0.05) is 32.0 Å². The minimum atomic E-state index is -3.61. The molecule has 32 heavy (non-hydrogen) atoms. The summed E-state index contributed by atoms with van der Waals surface area (Å²) in [7, 11) is -3.61. The van der Waals surface area contributed by atoms with E-state index in [-0.39, 0.29) is 10.8 Å². The predicted octanol–water partition coefficient (Wildman–Crippen LogP) is 4.66. The van der Waals surface area contributed by atoms with Crippen LogP contribution in [0, 0.1) is 6.92 Å². The number of benzene rings is 2. The van der Waals surface area contributed by atoms with Crippen LogP contribution in [0.5, 0.6) is 0 Å². The van der Waals surface area contributed by atoms with Gasteiger partial charge in [0.05, 0.1) is 20.1 Å². The zero-order valence-corrected chi connectivity index (χ0v) is 20.4. The number of hydrogen-bond acceptors (Lipinski definition) is 5. The number of carbonyl (C=O) groups is 1. The van der Waals surface area contributed by atoms with Gasteiger partial charge < -0.3 is 4.90 Å². The Morgan fingerprint density at radius 3 is 2.47 bits per heavy atom. The molecule has 0 spiro atoms. The highest BCUT2D eigenvalue weighted by atomic mass is 32.2. The first-order chi connectivity index (χ1) is 15.3. The quantitative estimate of drug-likeness (QED) is 0.524. The van der Waals surface area contributed by atoms with Gasteiger partial charge in [0.25, 0.3) is 5.91 Å². The molecule has 1 saturated heterocycles. The summed E-state index contributed by atoms with van der Waals surface area (Å²) in [4.78, 5) is 20.1. The monoisotopic (exact) mass is 471 g/mol. The highest BCUT2D eigenvalue weighted by Gasteiger charge is 2.29. The van der Waals surface area contributed by atoms with Crippen LogP contribution < -0.4 is 0 Å². The number of thiazole rings is 1. The van der Waals surface area contributed by atoms with Gasteiger partial charge in [-0.25, -0.2) is 13.4 Å². The molecule has 3 aromatic rings. The van der Waals surface area contributed by atoms with E-state index >= 15 is 0 Å². The molecule has 1 amide bonds. The highest BCUT2D eigenvalue weighted by molar-refractivity contribution is 7.89. The van der Waals surface area contributed by atoms with Gasteiger partial charge >= 0.3 is 0 Å². The molecule has 2 aromatic carbocycles. The van der Waals surface area contributed by atoms with E-state index in [2.05, 4.69) is 6.07 Å². The molecule has 8 heteroatoms. The minimum Gasteiger partial charge on any atom is -0.339 e. The van der Waals surface area contributed by atoms with E-state index in [0.29, 0.717) is 37.7 Å². The number of sulfonamides is 1. The molecule has 170 valence electrons. The summed E-state index contributed by atoms with van der Waals surface area (Å²) in [5, 5.41) is 1.14. The molecule has 0 bridgehead atoms. The van der Waals surface area contributed by atoms with Crippen LogP contribution >= 0.6 is 11.3 Å². The predicted molar refractivity (Wildman–Crippen MR) is 129 cm³/mol. The SMILES string of the molecule is CCN(CC)S(=O)(=O)c1ccc(C)c(C(=O)N2CCC(c3nc4ccccc4s3)CC2)c1. The van der Waals surface area contributed by atoms with Crippen molar-refractivity contribution in [1.29, 1.82) is 0 Å². The van der Waals surface area contributed by atoms with Crippen molar-refractivity contribution in [3.63, 3.8) is 0 Å². The Balaban J connectivity index is 1.50. The molecule has 0 aliphatic carbocycles. The number of hydrogen-bond donors (Lipinski definition) is 0. The normalized spacial score (nSPS) is 15.6. The summed E-state index contributed by atoms with van der Waals surface area (Å²) in [6, 6.07) is 13.0. The van der Waals surface area contributed by atoms with E-state index in [4.69, 9.17) is 4.98 Å². The smallest absolute Gasteiger partial charge is 0.254 e. The van der Waals surface area contributed by atoms with E-state index in [1.165, 1.54) is 9.01 Å². The Kier molecular flexibility index (Phi) is 6.65. The second-order valence-corrected chi connectivity index (χ2v) is 11.2. The molecule has 2 heterocycles. The fourth-order valence-electron chi connectivity index (χ4n) is 4.27. The lowest BCUT2D eigenvalue weighted by molar-refractivity contribution is 0.0712. The van der Waals surface area contributed by atoms with Crippen LogP contribution in [-0.2, 0) is 10.0 Å².